The summed E-state index contributed by atoms with van der Waals surface area (Å²) in [6.07, 6.45) is 3.43. The first-order valence-corrected chi connectivity index (χ1v) is 7.48. The molecule has 23 heavy (non-hydrogen) atoms. The number of fused-ring (bicyclic) bond motifs is 1. The average molecular weight is 312 g/mol. The van der Waals surface area contributed by atoms with E-state index >= 15 is 0 Å². The highest BCUT2D eigenvalue weighted by molar-refractivity contribution is 6.05. The maximum atomic E-state index is 13.6. The first-order chi connectivity index (χ1) is 11.1. The summed E-state index contributed by atoms with van der Waals surface area (Å²) >= 11 is 0. The van der Waals surface area contributed by atoms with Crippen molar-refractivity contribution in [3.8, 4) is 0 Å². The van der Waals surface area contributed by atoms with Crippen LogP contribution in [0, 0.1) is 12.7 Å². The van der Waals surface area contributed by atoms with Gasteiger partial charge in [0.15, 0.2) is 5.82 Å². The van der Waals surface area contributed by atoms with Crippen LogP contribution in [-0.2, 0) is 6.54 Å². The molecule has 6 heteroatoms. The second-order valence-electron chi connectivity index (χ2n) is 5.32. The number of carbonyl (C=O) groups excluding carboxylic acids is 1. The van der Waals surface area contributed by atoms with Crippen molar-refractivity contribution in [3.63, 3.8) is 0 Å². The van der Waals surface area contributed by atoms with Gasteiger partial charge in [-0.05, 0) is 37.6 Å². The monoisotopic (exact) mass is 312 g/mol. The van der Waals surface area contributed by atoms with Crippen LogP contribution in [0.2, 0.25) is 0 Å². The van der Waals surface area contributed by atoms with E-state index in [0.29, 0.717) is 5.69 Å². The van der Waals surface area contributed by atoms with Gasteiger partial charge in [-0.3, -0.25) is 9.78 Å². The van der Waals surface area contributed by atoms with E-state index in [-0.39, 0.29) is 5.56 Å². The lowest BCUT2D eigenvalue weighted by Crippen LogP contribution is -2.13. The van der Waals surface area contributed by atoms with E-state index in [4.69, 9.17) is 0 Å². The highest BCUT2D eigenvalue weighted by Gasteiger charge is 2.13. The standard InChI is InChI=1S/C17H17FN4O/c1-3-8-22-11(2)20-15-9-12(4-5-16(15)22)21-17(23)13-6-7-19-10-14(13)18/h4-7,9-10H,3,8H2,1-2H3,(H,21,23). The number of hydrogen-bond donors (Lipinski definition) is 1. The topological polar surface area (TPSA) is 59.8 Å². The molecule has 2 aromatic heterocycles. The van der Waals surface area contributed by atoms with Crippen molar-refractivity contribution in [2.24, 2.45) is 0 Å². The van der Waals surface area contributed by atoms with Crippen LogP contribution in [0.1, 0.15) is 29.5 Å². The second-order valence-corrected chi connectivity index (χ2v) is 5.32. The molecule has 0 spiro atoms. The van der Waals surface area contributed by atoms with Crippen LogP contribution in [0.5, 0.6) is 0 Å². The first kappa shape index (κ1) is 15.1. The summed E-state index contributed by atoms with van der Waals surface area (Å²) < 4.78 is 15.7. The second kappa shape index (κ2) is 6.16. The van der Waals surface area contributed by atoms with Gasteiger partial charge in [0.05, 0.1) is 22.8 Å². The lowest BCUT2D eigenvalue weighted by molar-refractivity contribution is 0.102. The number of imidazole rings is 1. The number of halogens is 1. The highest BCUT2D eigenvalue weighted by atomic mass is 19.1. The zero-order valence-corrected chi connectivity index (χ0v) is 13.0. The molecule has 0 bridgehead atoms. The minimum absolute atomic E-state index is 0.0345. The van der Waals surface area contributed by atoms with Gasteiger partial charge in [0, 0.05) is 18.4 Å². The molecule has 0 radical (unpaired) electrons. The molecule has 5 nitrogen and oxygen atoms in total. The number of amides is 1. The molecule has 2 heterocycles. The highest BCUT2D eigenvalue weighted by Crippen LogP contribution is 2.21. The minimum Gasteiger partial charge on any atom is -0.328 e. The normalized spacial score (nSPS) is 10.9. The zero-order valence-electron chi connectivity index (χ0n) is 13.0. The first-order valence-electron chi connectivity index (χ1n) is 7.48. The summed E-state index contributed by atoms with van der Waals surface area (Å²) in [6, 6.07) is 6.87. The Morgan fingerprint density at radius 2 is 2.17 bits per heavy atom. The van der Waals surface area contributed by atoms with Gasteiger partial charge < -0.3 is 9.88 Å². The number of aryl methyl sites for hydroxylation is 2. The lowest BCUT2D eigenvalue weighted by Gasteiger charge is -2.07. The molecule has 0 fully saturated rings. The Kier molecular flexibility index (Phi) is 4.06. The molecule has 3 rings (SSSR count). The van der Waals surface area contributed by atoms with Crippen molar-refractivity contribution in [2.45, 2.75) is 26.8 Å². The number of nitrogens with one attached hydrogen (secondary N) is 1. The van der Waals surface area contributed by atoms with E-state index in [9.17, 15) is 9.18 Å². The summed E-state index contributed by atoms with van der Waals surface area (Å²) in [7, 11) is 0. The number of aromatic nitrogens is 3. The van der Waals surface area contributed by atoms with Crippen LogP contribution in [0.4, 0.5) is 10.1 Å². The number of hydrogen-bond acceptors (Lipinski definition) is 3. The number of benzene rings is 1. The van der Waals surface area contributed by atoms with Crippen molar-refractivity contribution >= 4 is 22.6 Å². The van der Waals surface area contributed by atoms with Crippen LogP contribution in [-0.4, -0.2) is 20.4 Å². The van der Waals surface area contributed by atoms with E-state index in [1.54, 1.807) is 12.1 Å². The van der Waals surface area contributed by atoms with Gasteiger partial charge in [-0.15, -0.1) is 0 Å². The van der Waals surface area contributed by atoms with Crippen molar-refractivity contribution in [1.29, 1.82) is 0 Å². The van der Waals surface area contributed by atoms with E-state index in [1.165, 1.54) is 12.3 Å². The number of pyridine rings is 1. The van der Waals surface area contributed by atoms with Crippen LogP contribution < -0.4 is 5.32 Å². The fourth-order valence-corrected chi connectivity index (χ4v) is 2.59. The summed E-state index contributed by atoms with van der Waals surface area (Å²) in [5, 5.41) is 2.70. The summed E-state index contributed by atoms with van der Waals surface area (Å²) in [5.41, 5.74) is 2.38. The Morgan fingerprint density at radius 3 is 2.91 bits per heavy atom. The predicted molar refractivity (Wildman–Crippen MR) is 86.9 cm³/mol. The molecule has 3 aromatic rings. The van der Waals surface area contributed by atoms with Crippen LogP contribution in [0.15, 0.2) is 36.7 Å². The molecule has 1 aromatic carbocycles. The van der Waals surface area contributed by atoms with Crippen molar-refractivity contribution in [1.82, 2.24) is 14.5 Å². The summed E-state index contributed by atoms with van der Waals surface area (Å²) in [5.74, 6) is -0.214. The van der Waals surface area contributed by atoms with Gasteiger partial charge in [-0.2, -0.15) is 0 Å². The van der Waals surface area contributed by atoms with Crippen LogP contribution in [0.25, 0.3) is 11.0 Å². The Hall–Kier alpha value is -2.76. The molecule has 0 saturated heterocycles. The van der Waals surface area contributed by atoms with Crippen LogP contribution in [0.3, 0.4) is 0 Å². The van der Waals surface area contributed by atoms with Gasteiger partial charge in [0.2, 0.25) is 0 Å². The van der Waals surface area contributed by atoms with Crippen molar-refractivity contribution in [3.05, 3.63) is 53.9 Å². The third-order valence-corrected chi connectivity index (χ3v) is 3.66. The molecule has 0 aliphatic carbocycles. The summed E-state index contributed by atoms with van der Waals surface area (Å²) in [6.45, 7) is 4.97. The molecule has 1 amide bonds. The third kappa shape index (κ3) is 2.92. The smallest absolute Gasteiger partial charge is 0.258 e. The van der Waals surface area contributed by atoms with E-state index < -0.39 is 11.7 Å². The van der Waals surface area contributed by atoms with Gasteiger partial charge in [0.25, 0.3) is 5.91 Å². The molecular weight excluding hydrogens is 295 g/mol. The maximum Gasteiger partial charge on any atom is 0.258 e. The molecule has 1 N–H and O–H groups in total. The number of anilines is 1. The van der Waals surface area contributed by atoms with Crippen LogP contribution >= 0.6 is 0 Å². The fourth-order valence-electron chi connectivity index (χ4n) is 2.59. The lowest BCUT2D eigenvalue weighted by atomic mass is 10.2. The van der Waals surface area contributed by atoms with Gasteiger partial charge >= 0.3 is 0 Å². The Morgan fingerprint density at radius 1 is 1.35 bits per heavy atom. The Bertz CT molecular complexity index is 872. The number of carbonyl (C=O) groups is 1. The van der Waals surface area contributed by atoms with Crippen molar-refractivity contribution in [2.75, 3.05) is 5.32 Å². The van der Waals surface area contributed by atoms with Gasteiger partial charge in [-0.1, -0.05) is 6.92 Å². The minimum atomic E-state index is -0.644. The Labute approximate surface area is 133 Å². The molecule has 0 aliphatic rings. The number of nitrogens with zero attached hydrogens (tertiary/aromatic N) is 3. The molecule has 0 unspecified atom stereocenters. The van der Waals surface area contributed by atoms with E-state index in [2.05, 4.69) is 26.8 Å². The molecule has 0 aliphatic heterocycles. The Balaban J connectivity index is 1.89. The van der Waals surface area contributed by atoms with Crippen molar-refractivity contribution < 1.29 is 9.18 Å². The molecular formula is C17H17FN4O. The van der Waals surface area contributed by atoms with Gasteiger partial charge in [-0.25, -0.2) is 9.37 Å². The van der Waals surface area contributed by atoms with E-state index in [1.807, 2.05) is 13.0 Å². The van der Waals surface area contributed by atoms with Gasteiger partial charge in [0.1, 0.15) is 5.82 Å². The molecule has 0 atom stereocenters. The maximum absolute atomic E-state index is 13.6. The fraction of sp³-hybridized carbons (Fsp3) is 0.235. The summed E-state index contributed by atoms with van der Waals surface area (Å²) in [4.78, 5) is 20.3. The van der Waals surface area contributed by atoms with E-state index in [0.717, 1.165) is 36.0 Å². The molecule has 0 saturated carbocycles. The predicted octanol–water partition coefficient (Wildman–Crippen LogP) is 3.54. The third-order valence-electron chi connectivity index (χ3n) is 3.66. The quantitative estimate of drug-likeness (QED) is 0.801. The largest absolute Gasteiger partial charge is 0.328 e. The zero-order chi connectivity index (χ0) is 16.4. The number of rotatable bonds is 4. The molecule has 118 valence electrons. The SMILES string of the molecule is CCCn1c(C)nc2cc(NC(=O)c3ccncc3F)ccc21. The average Bonchev–Trinajstić information content (AvgIpc) is 2.83.